The van der Waals surface area contributed by atoms with Gasteiger partial charge in [-0.2, -0.15) is 5.10 Å². The number of carbonyl (C=O) groups is 2. The van der Waals surface area contributed by atoms with Crippen LogP contribution < -0.4 is 0 Å². The fourth-order valence-corrected chi connectivity index (χ4v) is 5.93. The van der Waals surface area contributed by atoms with Gasteiger partial charge >= 0.3 is 0 Å². The third-order valence-corrected chi connectivity index (χ3v) is 8.10. The molecule has 33 heavy (non-hydrogen) atoms. The second-order valence-electron chi connectivity index (χ2n) is 9.98. The van der Waals surface area contributed by atoms with E-state index in [1.165, 1.54) is 17.7 Å². The Morgan fingerprint density at radius 1 is 1.06 bits per heavy atom. The van der Waals surface area contributed by atoms with Gasteiger partial charge in [-0.3, -0.25) is 14.3 Å². The topological polar surface area (TPSA) is 67.7 Å². The molecule has 0 spiro atoms. The zero-order valence-corrected chi connectivity index (χ0v) is 19.4. The molecule has 1 saturated heterocycles. The highest BCUT2D eigenvalue weighted by molar-refractivity contribution is 5.85. The van der Waals surface area contributed by atoms with Crippen LogP contribution in [0.3, 0.4) is 0 Å². The molecule has 1 aliphatic carbocycles. The van der Waals surface area contributed by atoms with Crippen LogP contribution in [0.25, 0.3) is 11.3 Å². The second-order valence-corrected chi connectivity index (χ2v) is 9.98. The lowest BCUT2D eigenvalue weighted by Crippen LogP contribution is -2.46. The number of hydrogen-bond acceptors (Lipinski definition) is 4. The van der Waals surface area contributed by atoms with E-state index < -0.39 is 0 Å². The van der Waals surface area contributed by atoms with E-state index in [9.17, 15) is 9.59 Å². The van der Waals surface area contributed by atoms with Gasteiger partial charge in [0.2, 0.25) is 11.8 Å². The van der Waals surface area contributed by atoms with Crippen molar-refractivity contribution in [2.75, 3.05) is 19.8 Å². The number of hydrogen-bond donors (Lipinski definition) is 0. The van der Waals surface area contributed by atoms with Crippen molar-refractivity contribution in [1.82, 2.24) is 19.6 Å². The van der Waals surface area contributed by atoms with E-state index in [-0.39, 0.29) is 11.8 Å². The summed E-state index contributed by atoms with van der Waals surface area (Å²) in [6, 6.07) is 7.14. The van der Waals surface area contributed by atoms with Crippen LogP contribution in [0.15, 0.2) is 18.2 Å². The summed E-state index contributed by atoms with van der Waals surface area (Å²) in [5.41, 5.74) is 6.81. The molecule has 4 heterocycles. The standard InChI is InChI=1S/C26H32N4O3/c1-17(31)28-11-8-24-23(16-28)26(27-30(24)20-9-12-33-13-10-20)21-7-2-4-18-15-29(19-5-3-6-19)25(32)14-22(18)21/h2,4,7,19-20H,3,5-6,8-16H2,1H3. The largest absolute Gasteiger partial charge is 0.381 e. The molecule has 1 saturated carbocycles. The highest BCUT2D eigenvalue weighted by atomic mass is 16.5. The number of rotatable bonds is 3. The third-order valence-electron chi connectivity index (χ3n) is 8.10. The minimum Gasteiger partial charge on any atom is -0.381 e. The first-order valence-electron chi connectivity index (χ1n) is 12.4. The first-order chi connectivity index (χ1) is 16.1. The van der Waals surface area contributed by atoms with Crippen molar-refractivity contribution in [2.24, 2.45) is 0 Å². The molecule has 174 valence electrons. The minimum atomic E-state index is 0.104. The Bertz CT molecular complexity index is 1100. The zero-order chi connectivity index (χ0) is 22.5. The average molecular weight is 449 g/mol. The van der Waals surface area contributed by atoms with Gasteiger partial charge in [-0.25, -0.2) is 0 Å². The van der Waals surface area contributed by atoms with Crippen molar-refractivity contribution in [2.45, 2.75) is 77.0 Å². The second kappa shape index (κ2) is 8.28. The molecule has 2 fully saturated rings. The molecule has 2 aromatic rings. The van der Waals surface area contributed by atoms with Crippen LogP contribution in [-0.4, -0.2) is 57.2 Å². The van der Waals surface area contributed by atoms with Gasteiger partial charge in [0.25, 0.3) is 0 Å². The molecule has 4 aliphatic rings. The average Bonchev–Trinajstić information content (AvgIpc) is 3.17. The number of nitrogens with zero attached hydrogens (tertiary/aromatic N) is 4. The van der Waals surface area contributed by atoms with E-state index in [4.69, 9.17) is 9.84 Å². The summed E-state index contributed by atoms with van der Waals surface area (Å²) < 4.78 is 7.83. The molecule has 2 amide bonds. The maximum atomic E-state index is 13.1. The normalized spacial score (nSPS) is 21.5. The zero-order valence-electron chi connectivity index (χ0n) is 19.4. The van der Waals surface area contributed by atoms with Gasteiger partial charge < -0.3 is 14.5 Å². The van der Waals surface area contributed by atoms with Gasteiger partial charge in [0, 0.05) is 69.1 Å². The van der Waals surface area contributed by atoms with Crippen LogP contribution in [0, 0.1) is 0 Å². The van der Waals surface area contributed by atoms with Crippen LogP contribution >= 0.6 is 0 Å². The van der Waals surface area contributed by atoms with Gasteiger partial charge in [-0.15, -0.1) is 0 Å². The summed E-state index contributed by atoms with van der Waals surface area (Å²) in [6.07, 6.45) is 6.68. The van der Waals surface area contributed by atoms with Crippen molar-refractivity contribution in [1.29, 1.82) is 0 Å². The van der Waals surface area contributed by atoms with Crippen molar-refractivity contribution in [3.8, 4) is 11.3 Å². The lowest BCUT2D eigenvalue weighted by molar-refractivity contribution is -0.136. The van der Waals surface area contributed by atoms with Crippen LogP contribution in [0.1, 0.15) is 67.5 Å². The smallest absolute Gasteiger partial charge is 0.227 e. The predicted octanol–water partition coefficient (Wildman–Crippen LogP) is 3.24. The quantitative estimate of drug-likeness (QED) is 0.723. The minimum absolute atomic E-state index is 0.104. The number of ether oxygens (including phenoxy) is 1. The van der Waals surface area contributed by atoms with Crippen LogP contribution in [0.2, 0.25) is 0 Å². The van der Waals surface area contributed by atoms with E-state index in [1.54, 1.807) is 6.92 Å². The summed E-state index contributed by atoms with van der Waals surface area (Å²) >= 11 is 0. The Balaban J connectivity index is 1.43. The number of carbonyl (C=O) groups excluding carboxylic acids is 2. The van der Waals surface area contributed by atoms with E-state index in [0.717, 1.165) is 74.2 Å². The Labute approximate surface area is 194 Å². The van der Waals surface area contributed by atoms with E-state index >= 15 is 0 Å². The van der Waals surface area contributed by atoms with Crippen molar-refractivity contribution in [3.05, 3.63) is 40.6 Å². The van der Waals surface area contributed by atoms with Gasteiger partial charge in [0.05, 0.1) is 18.2 Å². The van der Waals surface area contributed by atoms with Crippen molar-refractivity contribution in [3.63, 3.8) is 0 Å². The highest BCUT2D eigenvalue weighted by Crippen LogP contribution is 2.39. The molecule has 0 bridgehead atoms. The van der Waals surface area contributed by atoms with Gasteiger partial charge in [-0.05, 0) is 43.2 Å². The van der Waals surface area contributed by atoms with E-state index in [2.05, 4.69) is 27.8 Å². The van der Waals surface area contributed by atoms with Crippen molar-refractivity contribution >= 4 is 11.8 Å². The molecule has 3 aliphatic heterocycles. The molecule has 0 N–H and O–H groups in total. The Morgan fingerprint density at radius 3 is 2.61 bits per heavy atom. The van der Waals surface area contributed by atoms with Gasteiger partial charge in [0.15, 0.2) is 0 Å². The first-order valence-corrected chi connectivity index (χ1v) is 12.4. The predicted molar refractivity (Wildman–Crippen MR) is 123 cm³/mol. The molecule has 7 heteroatoms. The number of amides is 2. The summed E-state index contributed by atoms with van der Waals surface area (Å²) in [5, 5.41) is 5.19. The molecule has 0 atom stereocenters. The number of aromatic nitrogens is 2. The molecule has 1 aromatic carbocycles. The monoisotopic (exact) mass is 448 g/mol. The maximum absolute atomic E-state index is 13.1. The fraction of sp³-hybridized carbons (Fsp3) is 0.577. The van der Waals surface area contributed by atoms with Crippen LogP contribution in [0.5, 0.6) is 0 Å². The highest BCUT2D eigenvalue weighted by Gasteiger charge is 2.35. The Morgan fingerprint density at radius 2 is 1.88 bits per heavy atom. The molecule has 6 rings (SSSR count). The van der Waals surface area contributed by atoms with E-state index in [1.807, 2.05) is 4.90 Å². The molecule has 7 nitrogen and oxygen atoms in total. The van der Waals surface area contributed by atoms with Crippen LogP contribution in [-0.2, 0) is 40.3 Å². The number of fused-ring (bicyclic) bond motifs is 2. The fourth-order valence-electron chi connectivity index (χ4n) is 5.93. The molecule has 0 radical (unpaired) electrons. The lowest BCUT2D eigenvalue weighted by Gasteiger charge is -2.40. The van der Waals surface area contributed by atoms with Crippen LogP contribution in [0.4, 0.5) is 0 Å². The third kappa shape index (κ3) is 3.57. The SMILES string of the molecule is CC(=O)N1CCc2c(c(-c3cccc4c3CC(=O)N(C3CCC3)C4)nn2C2CCOCC2)C1. The van der Waals surface area contributed by atoms with Crippen molar-refractivity contribution < 1.29 is 14.3 Å². The first kappa shape index (κ1) is 20.9. The Hall–Kier alpha value is -2.67. The summed E-state index contributed by atoms with van der Waals surface area (Å²) in [7, 11) is 0. The molecular weight excluding hydrogens is 416 g/mol. The summed E-state index contributed by atoms with van der Waals surface area (Å²) in [6.45, 7) is 5.20. The summed E-state index contributed by atoms with van der Waals surface area (Å²) in [5.74, 6) is 0.342. The summed E-state index contributed by atoms with van der Waals surface area (Å²) in [4.78, 5) is 29.3. The molecule has 1 aromatic heterocycles. The van der Waals surface area contributed by atoms with Gasteiger partial charge in [-0.1, -0.05) is 18.2 Å². The lowest BCUT2D eigenvalue weighted by atomic mass is 9.86. The maximum Gasteiger partial charge on any atom is 0.227 e. The molecular formula is C26H32N4O3. The number of benzene rings is 1. The Kier molecular flexibility index (Phi) is 5.24. The van der Waals surface area contributed by atoms with Gasteiger partial charge in [0.1, 0.15) is 0 Å². The van der Waals surface area contributed by atoms with E-state index in [0.29, 0.717) is 31.6 Å². The molecule has 0 unspecified atom stereocenters.